The fraction of sp³-hybridized carbons (Fsp3) is 0.111. The normalized spacial score (nSPS) is 12.6. The molecule has 58 valence electrons. The van der Waals surface area contributed by atoms with E-state index in [9.17, 15) is 0 Å². The van der Waals surface area contributed by atoms with E-state index in [1.807, 2.05) is 29.8 Å². The number of benzene rings is 1. The third-order valence-corrected chi connectivity index (χ3v) is 2.35. The van der Waals surface area contributed by atoms with Gasteiger partial charge in [-0.1, -0.05) is 6.07 Å². The van der Waals surface area contributed by atoms with Crippen molar-refractivity contribution in [2.24, 2.45) is 4.99 Å². The van der Waals surface area contributed by atoms with Gasteiger partial charge in [0, 0.05) is 11.1 Å². The van der Waals surface area contributed by atoms with Crippen LogP contribution in [-0.4, -0.2) is 6.21 Å². The molecule has 2 nitrogen and oxygen atoms in total. The predicted molar refractivity (Wildman–Crippen MR) is 49.2 cm³/mol. The highest BCUT2D eigenvalue weighted by molar-refractivity contribution is 8.03. The van der Waals surface area contributed by atoms with Gasteiger partial charge < -0.3 is 0 Å². The van der Waals surface area contributed by atoms with Gasteiger partial charge in [-0.2, -0.15) is 5.26 Å². The highest BCUT2D eigenvalue weighted by atomic mass is 32.2. The first-order chi connectivity index (χ1) is 5.90. The molecule has 0 amide bonds. The van der Waals surface area contributed by atoms with E-state index in [1.54, 1.807) is 0 Å². The van der Waals surface area contributed by atoms with E-state index in [-0.39, 0.29) is 0 Å². The largest absolute Gasteiger partial charge is 0.288 e. The first-order valence-electron chi connectivity index (χ1n) is 3.59. The molecule has 0 radical (unpaired) electrons. The van der Waals surface area contributed by atoms with Gasteiger partial charge in [0.25, 0.3) is 0 Å². The Bertz CT molecular complexity index is 377. The monoisotopic (exact) mass is 174 g/mol. The Morgan fingerprint density at radius 2 is 2.42 bits per heavy atom. The number of fused-ring (bicyclic) bond motifs is 1. The van der Waals surface area contributed by atoms with Crippen LogP contribution in [0.2, 0.25) is 0 Å². The maximum Gasteiger partial charge on any atom is 0.138 e. The maximum atomic E-state index is 8.45. The van der Waals surface area contributed by atoms with Crippen molar-refractivity contribution in [2.45, 2.75) is 11.4 Å². The molecule has 0 atom stereocenters. The Morgan fingerprint density at radius 1 is 1.50 bits per heavy atom. The van der Waals surface area contributed by atoms with E-state index in [1.165, 1.54) is 17.3 Å². The lowest BCUT2D eigenvalue weighted by Crippen LogP contribution is -1.83. The second-order valence-corrected chi connectivity index (χ2v) is 3.38. The van der Waals surface area contributed by atoms with E-state index in [0.29, 0.717) is 0 Å². The molecule has 2 rings (SSSR count). The summed E-state index contributed by atoms with van der Waals surface area (Å²) >= 11 is 1.19. The van der Waals surface area contributed by atoms with Gasteiger partial charge in [-0.05, 0) is 35.0 Å². The highest BCUT2D eigenvalue weighted by Crippen LogP contribution is 2.22. The van der Waals surface area contributed by atoms with Crippen LogP contribution in [0.1, 0.15) is 11.1 Å². The molecule has 0 unspecified atom stereocenters. The molecule has 0 aromatic heterocycles. The van der Waals surface area contributed by atoms with Gasteiger partial charge in [-0.25, -0.2) is 0 Å². The molecule has 1 aliphatic rings. The number of hydrogen-bond acceptors (Lipinski definition) is 3. The fourth-order valence-electron chi connectivity index (χ4n) is 1.20. The summed E-state index contributed by atoms with van der Waals surface area (Å²) in [6, 6.07) is 5.99. The molecule has 1 aliphatic heterocycles. The summed E-state index contributed by atoms with van der Waals surface area (Å²) in [7, 11) is 0. The molecule has 3 heteroatoms. The summed E-state index contributed by atoms with van der Waals surface area (Å²) in [4.78, 5) is 5.13. The van der Waals surface area contributed by atoms with Crippen LogP contribution < -0.4 is 0 Å². The van der Waals surface area contributed by atoms with Crippen LogP contribution in [0.5, 0.6) is 0 Å². The Balaban J connectivity index is 2.39. The molecule has 0 N–H and O–H groups in total. The summed E-state index contributed by atoms with van der Waals surface area (Å²) in [6.45, 7) is 0.785. The third kappa shape index (κ3) is 1.21. The third-order valence-electron chi connectivity index (χ3n) is 1.77. The summed E-state index contributed by atoms with van der Waals surface area (Å²) < 4.78 is 0. The van der Waals surface area contributed by atoms with Crippen LogP contribution in [0.25, 0.3) is 0 Å². The second kappa shape index (κ2) is 3.00. The van der Waals surface area contributed by atoms with Gasteiger partial charge in [-0.3, -0.25) is 4.99 Å². The number of rotatable bonds is 1. The minimum absolute atomic E-state index is 0.785. The first-order valence-corrected chi connectivity index (χ1v) is 4.40. The first kappa shape index (κ1) is 7.38. The van der Waals surface area contributed by atoms with Crippen molar-refractivity contribution in [2.75, 3.05) is 0 Å². The summed E-state index contributed by atoms with van der Waals surface area (Å²) in [5.74, 6) is 0. The van der Waals surface area contributed by atoms with E-state index in [2.05, 4.69) is 4.99 Å². The minimum atomic E-state index is 0.785. The van der Waals surface area contributed by atoms with Crippen LogP contribution in [-0.2, 0) is 6.54 Å². The zero-order valence-corrected chi connectivity index (χ0v) is 7.14. The second-order valence-electron chi connectivity index (χ2n) is 2.52. The molecule has 1 aromatic rings. The highest BCUT2D eigenvalue weighted by Gasteiger charge is 2.05. The summed E-state index contributed by atoms with van der Waals surface area (Å²) in [5.41, 5.74) is 2.40. The minimum Gasteiger partial charge on any atom is -0.288 e. The molecular weight excluding hydrogens is 168 g/mol. The SMILES string of the molecule is N#CSc1ccc2c(c1)C=NC2. The zero-order valence-electron chi connectivity index (χ0n) is 6.32. The van der Waals surface area contributed by atoms with Crippen LogP contribution in [0.3, 0.4) is 0 Å². The molecule has 12 heavy (non-hydrogen) atoms. The lowest BCUT2D eigenvalue weighted by Gasteiger charge is -1.97. The average molecular weight is 174 g/mol. The smallest absolute Gasteiger partial charge is 0.138 e. The number of nitriles is 1. The van der Waals surface area contributed by atoms with Gasteiger partial charge in [0.05, 0.1) is 6.54 Å². The van der Waals surface area contributed by atoms with Crippen LogP contribution in [0.4, 0.5) is 0 Å². The summed E-state index contributed by atoms with van der Waals surface area (Å²) in [6.07, 6.45) is 1.86. The van der Waals surface area contributed by atoms with Crippen molar-refractivity contribution in [3.8, 4) is 5.40 Å². The Hall–Kier alpha value is -1.27. The van der Waals surface area contributed by atoms with E-state index < -0.39 is 0 Å². The lowest BCUT2D eigenvalue weighted by atomic mass is 10.1. The fourth-order valence-corrected chi connectivity index (χ4v) is 1.62. The Kier molecular flexibility index (Phi) is 1.84. The number of nitrogens with zero attached hydrogens (tertiary/aromatic N) is 2. The standard InChI is InChI=1S/C9H6N2S/c10-6-12-9-2-1-7-4-11-5-8(7)3-9/h1-3,5H,4H2. The van der Waals surface area contributed by atoms with Crippen molar-refractivity contribution in [3.05, 3.63) is 29.3 Å². The van der Waals surface area contributed by atoms with E-state index in [4.69, 9.17) is 5.26 Å². The average Bonchev–Trinajstić information content (AvgIpc) is 2.51. The van der Waals surface area contributed by atoms with Crippen molar-refractivity contribution < 1.29 is 0 Å². The zero-order chi connectivity index (χ0) is 8.39. The Labute approximate surface area is 74.9 Å². The van der Waals surface area contributed by atoms with Crippen molar-refractivity contribution in [1.29, 1.82) is 5.26 Å². The van der Waals surface area contributed by atoms with Crippen LogP contribution >= 0.6 is 11.8 Å². The molecule has 1 aromatic carbocycles. The number of hydrogen-bond donors (Lipinski definition) is 0. The molecule has 0 saturated heterocycles. The summed E-state index contributed by atoms with van der Waals surface area (Å²) in [5, 5.41) is 10.5. The predicted octanol–water partition coefficient (Wildman–Crippen LogP) is 2.19. The molecule has 0 spiro atoms. The molecule has 0 fully saturated rings. The number of thioether (sulfide) groups is 1. The van der Waals surface area contributed by atoms with Crippen LogP contribution in [0.15, 0.2) is 28.1 Å². The molecular formula is C9H6N2S. The topological polar surface area (TPSA) is 36.1 Å². The van der Waals surface area contributed by atoms with E-state index >= 15 is 0 Å². The van der Waals surface area contributed by atoms with Gasteiger partial charge in [0.2, 0.25) is 0 Å². The van der Waals surface area contributed by atoms with Crippen LogP contribution in [0, 0.1) is 10.7 Å². The quantitative estimate of drug-likeness (QED) is 0.483. The molecule has 0 saturated carbocycles. The van der Waals surface area contributed by atoms with Gasteiger partial charge >= 0.3 is 0 Å². The Morgan fingerprint density at radius 3 is 3.25 bits per heavy atom. The number of aliphatic imine (C=N–C) groups is 1. The van der Waals surface area contributed by atoms with Crippen molar-refractivity contribution in [3.63, 3.8) is 0 Å². The van der Waals surface area contributed by atoms with E-state index in [0.717, 1.165) is 17.0 Å². The maximum absolute atomic E-state index is 8.45. The lowest BCUT2D eigenvalue weighted by molar-refractivity contribution is 1.11. The van der Waals surface area contributed by atoms with Gasteiger partial charge in [-0.15, -0.1) is 0 Å². The van der Waals surface area contributed by atoms with Crippen molar-refractivity contribution in [1.82, 2.24) is 0 Å². The molecule has 0 bridgehead atoms. The van der Waals surface area contributed by atoms with Gasteiger partial charge in [0.15, 0.2) is 0 Å². The molecule has 1 heterocycles. The van der Waals surface area contributed by atoms with Gasteiger partial charge in [0.1, 0.15) is 5.40 Å². The van der Waals surface area contributed by atoms with Crippen molar-refractivity contribution >= 4 is 18.0 Å². The molecule has 0 aliphatic carbocycles. The number of thiocyanates is 1.